The van der Waals surface area contributed by atoms with Crippen LogP contribution in [0.4, 0.5) is 0 Å². The molecule has 0 spiro atoms. The molecule has 0 aliphatic carbocycles. The summed E-state index contributed by atoms with van der Waals surface area (Å²) in [7, 11) is 2.22. The molecule has 0 aromatic heterocycles. The average Bonchev–Trinajstić information content (AvgIpc) is 2.83. The SMILES string of the molecule is CN(Cc1cccc2ccccc12)C(/C=C/c1ccccc1)C/C=C/c1ccccc1. The number of fused-ring (bicyclic) bond motifs is 1. The van der Waals surface area contributed by atoms with Gasteiger partial charge in [0.1, 0.15) is 0 Å². The Bertz CT molecular complexity index is 1140. The van der Waals surface area contributed by atoms with Gasteiger partial charge in [-0.15, -0.1) is 0 Å². The molecule has 154 valence electrons. The number of hydrogen-bond acceptors (Lipinski definition) is 1. The van der Waals surface area contributed by atoms with Gasteiger partial charge in [-0.25, -0.2) is 0 Å². The third-order valence-corrected chi connectivity index (χ3v) is 5.66. The molecule has 4 rings (SSSR count). The minimum absolute atomic E-state index is 0.305. The van der Waals surface area contributed by atoms with Gasteiger partial charge in [0.15, 0.2) is 0 Å². The molecule has 1 nitrogen and oxygen atoms in total. The number of benzene rings is 4. The maximum Gasteiger partial charge on any atom is 0.0316 e. The highest BCUT2D eigenvalue weighted by atomic mass is 15.1. The van der Waals surface area contributed by atoms with E-state index in [1.165, 1.54) is 27.5 Å². The van der Waals surface area contributed by atoms with E-state index in [0.29, 0.717) is 6.04 Å². The van der Waals surface area contributed by atoms with Gasteiger partial charge in [0, 0.05) is 12.6 Å². The van der Waals surface area contributed by atoms with Crippen molar-refractivity contribution in [2.24, 2.45) is 0 Å². The molecule has 0 aliphatic heterocycles. The van der Waals surface area contributed by atoms with E-state index in [0.717, 1.165) is 13.0 Å². The van der Waals surface area contributed by atoms with Gasteiger partial charge < -0.3 is 0 Å². The van der Waals surface area contributed by atoms with Crippen LogP contribution in [0, 0.1) is 0 Å². The molecular formula is C30H29N. The number of likely N-dealkylation sites (N-methyl/N-ethyl adjacent to an activating group) is 1. The predicted molar refractivity (Wildman–Crippen MR) is 135 cm³/mol. The van der Waals surface area contributed by atoms with E-state index < -0.39 is 0 Å². The second-order valence-electron chi connectivity index (χ2n) is 7.94. The summed E-state index contributed by atoms with van der Waals surface area (Å²) in [5.41, 5.74) is 3.84. The fourth-order valence-electron chi connectivity index (χ4n) is 3.92. The third kappa shape index (κ3) is 5.81. The molecule has 0 aliphatic rings. The molecule has 1 atom stereocenters. The first kappa shape index (κ1) is 20.8. The van der Waals surface area contributed by atoms with E-state index in [2.05, 4.69) is 139 Å². The third-order valence-electron chi connectivity index (χ3n) is 5.66. The molecule has 31 heavy (non-hydrogen) atoms. The van der Waals surface area contributed by atoms with Crippen LogP contribution in [-0.4, -0.2) is 18.0 Å². The molecule has 0 radical (unpaired) electrons. The second-order valence-corrected chi connectivity index (χ2v) is 7.94. The molecule has 0 saturated carbocycles. The largest absolute Gasteiger partial charge is 0.295 e. The van der Waals surface area contributed by atoms with Gasteiger partial charge in [-0.2, -0.15) is 0 Å². The Hall–Kier alpha value is -3.42. The first-order valence-corrected chi connectivity index (χ1v) is 10.9. The summed E-state index contributed by atoms with van der Waals surface area (Å²) in [4.78, 5) is 2.44. The topological polar surface area (TPSA) is 3.24 Å². The number of rotatable bonds is 8. The van der Waals surface area contributed by atoms with Crippen molar-refractivity contribution in [3.63, 3.8) is 0 Å². The smallest absolute Gasteiger partial charge is 0.0316 e. The maximum atomic E-state index is 2.44. The van der Waals surface area contributed by atoms with Gasteiger partial charge in [0.2, 0.25) is 0 Å². The quantitative estimate of drug-likeness (QED) is 0.295. The van der Waals surface area contributed by atoms with Crippen molar-refractivity contribution in [3.05, 3.63) is 132 Å². The first-order valence-electron chi connectivity index (χ1n) is 10.9. The van der Waals surface area contributed by atoms with Crippen LogP contribution in [0.3, 0.4) is 0 Å². The summed E-state index contributed by atoms with van der Waals surface area (Å²) in [5.74, 6) is 0. The summed E-state index contributed by atoms with van der Waals surface area (Å²) in [6.07, 6.45) is 10.0. The van der Waals surface area contributed by atoms with Crippen LogP contribution in [0.1, 0.15) is 23.1 Å². The molecule has 4 aromatic rings. The van der Waals surface area contributed by atoms with E-state index in [-0.39, 0.29) is 0 Å². The number of nitrogens with zero attached hydrogens (tertiary/aromatic N) is 1. The maximum absolute atomic E-state index is 2.44. The molecule has 0 saturated heterocycles. The Kier molecular flexibility index (Phi) is 7.10. The average molecular weight is 404 g/mol. The van der Waals surface area contributed by atoms with E-state index in [4.69, 9.17) is 0 Å². The van der Waals surface area contributed by atoms with Crippen LogP contribution < -0.4 is 0 Å². The minimum atomic E-state index is 0.305. The summed E-state index contributed by atoms with van der Waals surface area (Å²) >= 11 is 0. The van der Waals surface area contributed by atoms with Crippen molar-refractivity contribution < 1.29 is 0 Å². The van der Waals surface area contributed by atoms with Gasteiger partial charge in [0.25, 0.3) is 0 Å². The van der Waals surface area contributed by atoms with Crippen molar-refractivity contribution in [2.45, 2.75) is 19.0 Å². The van der Waals surface area contributed by atoms with E-state index in [1.807, 2.05) is 0 Å². The van der Waals surface area contributed by atoms with Gasteiger partial charge in [-0.05, 0) is 40.9 Å². The summed E-state index contributed by atoms with van der Waals surface area (Å²) < 4.78 is 0. The summed E-state index contributed by atoms with van der Waals surface area (Å²) in [5, 5.41) is 2.64. The highest BCUT2D eigenvalue weighted by Crippen LogP contribution is 2.21. The van der Waals surface area contributed by atoms with Crippen molar-refractivity contribution >= 4 is 22.9 Å². The van der Waals surface area contributed by atoms with Crippen molar-refractivity contribution in [3.8, 4) is 0 Å². The second kappa shape index (κ2) is 10.6. The van der Waals surface area contributed by atoms with Crippen LogP contribution in [0.15, 0.2) is 115 Å². The van der Waals surface area contributed by atoms with E-state index in [9.17, 15) is 0 Å². The van der Waals surface area contributed by atoms with Gasteiger partial charge in [0.05, 0.1) is 0 Å². The zero-order valence-corrected chi connectivity index (χ0v) is 18.1. The zero-order chi connectivity index (χ0) is 21.3. The predicted octanol–water partition coefficient (Wildman–Crippen LogP) is 7.46. The molecule has 1 heteroatoms. The Morgan fingerprint density at radius 3 is 2.03 bits per heavy atom. The molecule has 0 fully saturated rings. The fourth-order valence-corrected chi connectivity index (χ4v) is 3.92. The van der Waals surface area contributed by atoms with Crippen LogP contribution >= 0.6 is 0 Å². The molecule has 0 N–H and O–H groups in total. The number of hydrogen-bond donors (Lipinski definition) is 0. The van der Waals surface area contributed by atoms with Crippen LogP contribution in [0.5, 0.6) is 0 Å². The standard InChI is InChI=1S/C30H29N/c1-31(24-28-19-11-18-27-17-8-9-21-30(27)28)29(23-22-26-14-6-3-7-15-26)20-10-16-25-12-4-2-5-13-25/h2-19,21-23,29H,20,24H2,1H3/b16-10+,23-22+. The Balaban J connectivity index is 1.54. The van der Waals surface area contributed by atoms with Gasteiger partial charge >= 0.3 is 0 Å². The molecular weight excluding hydrogens is 374 g/mol. The van der Waals surface area contributed by atoms with Crippen LogP contribution in [0.2, 0.25) is 0 Å². The van der Waals surface area contributed by atoms with Crippen molar-refractivity contribution in [1.82, 2.24) is 4.90 Å². The first-order chi connectivity index (χ1) is 15.3. The van der Waals surface area contributed by atoms with E-state index >= 15 is 0 Å². The summed E-state index contributed by atoms with van der Waals surface area (Å²) in [6, 6.07) is 36.6. The molecule has 0 heterocycles. The zero-order valence-electron chi connectivity index (χ0n) is 18.1. The minimum Gasteiger partial charge on any atom is -0.295 e. The highest BCUT2D eigenvalue weighted by Gasteiger charge is 2.12. The molecule has 0 amide bonds. The Morgan fingerprint density at radius 1 is 0.677 bits per heavy atom. The molecule has 4 aromatic carbocycles. The van der Waals surface area contributed by atoms with E-state index in [1.54, 1.807) is 0 Å². The fraction of sp³-hybridized carbons (Fsp3) is 0.133. The van der Waals surface area contributed by atoms with Gasteiger partial charge in [-0.1, -0.05) is 127 Å². The Labute approximate surface area is 186 Å². The van der Waals surface area contributed by atoms with Gasteiger partial charge in [-0.3, -0.25) is 4.90 Å². The lowest BCUT2D eigenvalue weighted by Crippen LogP contribution is -2.29. The monoisotopic (exact) mass is 403 g/mol. The molecule has 0 bridgehead atoms. The Morgan fingerprint density at radius 2 is 1.29 bits per heavy atom. The lowest BCUT2D eigenvalue weighted by atomic mass is 10.0. The van der Waals surface area contributed by atoms with Crippen LogP contribution in [0.25, 0.3) is 22.9 Å². The highest BCUT2D eigenvalue weighted by molar-refractivity contribution is 5.85. The molecule has 1 unspecified atom stereocenters. The summed E-state index contributed by atoms with van der Waals surface area (Å²) in [6.45, 7) is 0.907. The lowest BCUT2D eigenvalue weighted by molar-refractivity contribution is 0.276. The van der Waals surface area contributed by atoms with Crippen molar-refractivity contribution in [1.29, 1.82) is 0 Å². The van der Waals surface area contributed by atoms with Crippen molar-refractivity contribution in [2.75, 3.05) is 7.05 Å². The lowest BCUT2D eigenvalue weighted by Gasteiger charge is -2.25. The normalized spacial score (nSPS) is 12.8. The van der Waals surface area contributed by atoms with Crippen LogP contribution in [-0.2, 0) is 6.54 Å².